The van der Waals surface area contributed by atoms with E-state index in [0.29, 0.717) is 30.8 Å². The maximum atomic E-state index is 12.8. The van der Waals surface area contributed by atoms with Crippen molar-refractivity contribution >= 4 is 28.6 Å². The summed E-state index contributed by atoms with van der Waals surface area (Å²) >= 11 is 6.19. The third-order valence-electron chi connectivity index (χ3n) is 4.85. The molecular formula is C23H21ClN2O2. The summed E-state index contributed by atoms with van der Waals surface area (Å²) in [7, 11) is 0. The molecule has 0 aliphatic heterocycles. The molecule has 2 aromatic heterocycles. The molecule has 1 amide bonds. The summed E-state index contributed by atoms with van der Waals surface area (Å²) in [5, 5.41) is 3.72. The summed E-state index contributed by atoms with van der Waals surface area (Å²) in [6.07, 6.45) is 2.33. The molecule has 0 atom stereocenters. The predicted octanol–water partition coefficient (Wildman–Crippen LogP) is 5.22. The standard InChI is InChI=1S/C23H21ClN2O2/c1-16-6-8-17(9-7-16)15-26-20-11-13-28-22(20)14-21(26)23(27)25-12-10-18-4-2-3-5-19(18)24/h2-9,11,13-14H,10,12,15H2,1H3,(H,25,27). The summed E-state index contributed by atoms with van der Waals surface area (Å²) in [6.45, 7) is 3.18. The molecule has 2 aromatic carbocycles. The van der Waals surface area contributed by atoms with Crippen LogP contribution in [0, 0.1) is 6.92 Å². The van der Waals surface area contributed by atoms with Crippen molar-refractivity contribution in [2.75, 3.05) is 6.54 Å². The monoisotopic (exact) mass is 392 g/mol. The molecule has 0 bridgehead atoms. The topological polar surface area (TPSA) is 47.2 Å². The number of amides is 1. The first-order valence-corrected chi connectivity index (χ1v) is 9.63. The Hall–Kier alpha value is -2.98. The number of rotatable bonds is 6. The van der Waals surface area contributed by atoms with E-state index in [4.69, 9.17) is 16.0 Å². The van der Waals surface area contributed by atoms with E-state index in [1.54, 1.807) is 12.3 Å². The number of hydrogen-bond donors (Lipinski definition) is 1. The fraction of sp³-hybridized carbons (Fsp3) is 0.174. The average molecular weight is 393 g/mol. The molecule has 0 unspecified atom stereocenters. The maximum absolute atomic E-state index is 12.8. The van der Waals surface area contributed by atoms with Crippen LogP contribution in [0.1, 0.15) is 27.2 Å². The van der Waals surface area contributed by atoms with Gasteiger partial charge >= 0.3 is 0 Å². The second-order valence-corrected chi connectivity index (χ2v) is 7.28. The molecule has 4 nitrogen and oxygen atoms in total. The summed E-state index contributed by atoms with van der Waals surface area (Å²) in [6, 6.07) is 19.7. The van der Waals surface area contributed by atoms with Gasteiger partial charge in [0.1, 0.15) is 5.69 Å². The molecule has 0 saturated carbocycles. The van der Waals surface area contributed by atoms with E-state index in [1.165, 1.54) is 5.56 Å². The number of carbonyl (C=O) groups is 1. The molecule has 142 valence electrons. The van der Waals surface area contributed by atoms with Gasteiger partial charge in [0.15, 0.2) is 5.58 Å². The van der Waals surface area contributed by atoms with Crippen LogP contribution in [0.2, 0.25) is 5.02 Å². The lowest BCUT2D eigenvalue weighted by Gasteiger charge is -2.11. The van der Waals surface area contributed by atoms with Crippen LogP contribution in [-0.2, 0) is 13.0 Å². The summed E-state index contributed by atoms with van der Waals surface area (Å²) in [4.78, 5) is 12.8. The zero-order valence-corrected chi connectivity index (χ0v) is 16.4. The Morgan fingerprint density at radius 3 is 2.68 bits per heavy atom. The van der Waals surface area contributed by atoms with Crippen molar-refractivity contribution in [3.8, 4) is 0 Å². The molecule has 0 spiro atoms. The van der Waals surface area contributed by atoms with Crippen molar-refractivity contribution in [3.63, 3.8) is 0 Å². The van der Waals surface area contributed by atoms with Crippen molar-refractivity contribution in [3.05, 3.63) is 94.3 Å². The highest BCUT2D eigenvalue weighted by Crippen LogP contribution is 2.23. The smallest absolute Gasteiger partial charge is 0.268 e. The SMILES string of the molecule is Cc1ccc(Cn2c(C(=O)NCCc3ccccc3Cl)cc3occc32)cc1. The van der Waals surface area contributed by atoms with Crippen LogP contribution in [-0.4, -0.2) is 17.0 Å². The zero-order chi connectivity index (χ0) is 19.5. The number of aryl methyl sites for hydroxylation is 1. The van der Waals surface area contributed by atoms with Gasteiger partial charge in [-0.1, -0.05) is 59.6 Å². The normalized spacial score (nSPS) is 11.1. The summed E-state index contributed by atoms with van der Waals surface area (Å²) in [5.74, 6) is -0.120. The van der Waals surface area contributed by atoms with E-state index < -0.39 is 0 Å². The van der Waals surface area contributed by atoms with Gasteiger partial charge in [-0.15, -0.1) is 0 Å². The lowest BCUT2D eigenvalue weighted by molar-refractivity contribution is 0.0945. The van der Waals surface area contributed by atoms with Gasteiger partial charge in [0.2, 0.25) is 0 Å². The third-order valence-corrected chi connectivity index (χ3v) is 5.22. The van der Waals surface area contributed by atoms with E-state index in [2.05, 4.69) is 36.5 Å². The van der Waals surface area contributed by atoms with E-state index in [0.717, 1.165) is 21.7 Å². The average Bonchev–Trinajstić information content (AvgIpc) is 3.27. The van der Waals surface area contributed by atoms with Crippen molar-refractivity contribution in [1.82, 2.24) is 9.88 Å². The van der Waals surface area contributed by atoms with Gasteiger partial charge in [-0.05, 0) is 30.5 Å². The number of nitrogens with zero attached hydrogens (tertiary/aromatic N) is 1. The zero-order valence-electron chi connectivity index (χ0n) is 15.6. The minimum Gasteiger partial charge on any atom is -0.463 e. The van der Waals surface area contributed by atoms with Gasteiger partial charge in [-0.2, -0.15) is 0 Å². The van der Waals surface area contributed by atoms with Gasteiger partial charge in [0.05, 0.1) is 11.8 Å². The molecule has 2 heterocycles. The van der Waals surface area contributed by atoms with E-state index in [-0.39, 0.29) is 5.91 Å². The lowest BCUT2D eigenvalue weighted by atomic mass is 10.1. The highest BCUT2D eigenvalue weighted by Gasteiger charge is 2.17. The van der Waals surface area contributed by atoms with Crippen molar-refractivity contribution in [2.45, 2.75) is 19.9 Å². The molecule has 4 rings (SSSR count). The van der Waals surface area contributed by atoms with Crippen LogP contribution in [0.25, 0.3) is 11.1 Å². The highest BCUT2D eigenvalue weighted by molar-refractivity contribution is 6.31. The first-order chi connectivity index (χ1) is 13.6. The van der Waals surface area contributed by atoms with E-state index in [1.807, 2.05) is 34.9 Å². The number of aromatic nitrogens is 1. The Morgan fingerprint density at radius 2 is 1.89 bits per heavy atom. The second kappa shape index (κ2) is 7.95. The first-order valence-electron chi connectivity index (χ1n) is 9.26. The van der Waals surface area contributed by atoms with Crippen molar-refractivity contribution < 1.29 is 9.21 Å². The van der Waals surface area contributed by atoms with Crippen LogP contribution < -0.4 is 5.32 Å². The highest BCUT2D eigenvalue weighted by atomic mass is 35.5. The third kappa shape index (κ3) is 3.82. The van der Waals surface area contributed by atoms with Crippen LogP contribution in [0.5, 0.6) is 0 Å². The quantitative estimate of drug-likeness (QED) is 0.489. The molecule has 5 heteroatoms. The van der Waals surface area contributed by atoms with Crippen LogP contribution >= 0.6 is 11.6 Å². The fourth-order valence-electron chi connectivity index (χ4n) is 3.31. The first kappa shape index (κ1) is 18.4. The number of nitrogens with one attached hydrogen (secondary N) is 1. The van der Waals surface area contributed by atoms with Gasteiger partial charge in [-0.25, -0.2) is 0 Å². The number of furan rings is 1. The second-order valence-electron chi connectivity index (χ2n) is 6.87. The molecule has 0 radical (unpaired) electrons. The van der Waals surface area contributed by atoms with Gasteiger partial charge in [-0.3, -0.25) is 4.79 Å². The molecule has 4 aromatic rings. The molecule has 28 heavy (non-hydrogen) atoms. The Balaban J connectivity index is 1.52. The molecule has 0 aliphatic rings. The van der Waals surface area contributed by atoms with Crippen LogP contribution in [0.3, 0.4) is 0 Å². The van der Waals surface area contributed by atoms with Crippen molar-refractivity contribution in [2.24, 2.45) is 0 Å². The van der Waals surface area contributed by atoms with Crippen LogP contribution in [0.15, 0.2) is 71.3 Å². The largest absolute Gasteiger partial charge is 0.463 e. The van der Waals surface area contributed by atoms with Gasteiger partial charge in [0, 0.05) is 30.2 Å². The Bertz CT molecular complexity index is 1110. The molecule has 0 saturated heterocycles. The summed E-state index contributed by atoms with van der Waals surface area (Å²) in [5.41, 5.74) is 5.58. The molecule has 0 aliphatic carbocycles. The Labute approximate surface area is 168 Å². The molecular weight excluding hydrogens is 372 g/mol. The Kier molecular flexibility index (Phi) is 5.22. The van der Waals surface area contributed by atoms with Crippen LogP contribution in [0.4, 0.5) is 0 Å². The number of benzene rings is 2. The van der Waals surface area contributed by atoms with Gasteiger partial charge < -0.3 is 14.3 Å². The van der Waals surface area contributed by atoms with E-state index >= 15 is 0 Å². The molecule has 0 fully saturated rings. The predicted molar refractivity (Wildman–Crippen MR) is 112 cm³/mol. The van der Waals surface area contributed by atoms with Crippen molar-refractivity contribution in [1.29, 1.82) is 0 Å². The number of hydrogen-bond acceptors (Lipinski definition) is 2. The fourth-order valence-corrected chi connectivity index (χ4v) is 3.54. The van der Waals surface area contributed by atoms with Gasteiger partial charge in [0.25, 0.3) is 5.91 Å². The number of fused-ring (bicyclic) bond motifs is 1. The molecule has 1 N–H and O–H groups in total. The maximum Gasteiger partial charge on any atom is 0.268 e. The summed E-state index contributed by atoms with van der Waals surface area (Å²) < 4.78 is 7.51. The van der Waals surface area contributed by atoms with E-state index in [9.17, 15) is 4.79 Å². The number of carbonyl (C=O) groups excluding carboxylic acids is 1. The lowest BCUT2D eigenvalue weighted by Crippen LogP contribution is -2.28. The number of halogens is 1. The minimum atomic E-state index is -0.120. The Morgan fingerprint density at radius 1 is 1.11 bits per heavy atom. The minimum absolute atomic E-state index is 0.120.